The maximum absolute atomic E-state index is 12.8. The second kappa shape index (κ2) is 10.4. The van der Waals surface area contributed by atoms with Gasteiger partial charge in [0.05, 0.1) is 30.0 Å². The van der Waals surface area contributed by atoms with Crippen LogP contribution < -0.4 is 15.4 Å². The summed E-state index contributed by atoms with van der Waals surface area (Å²) >= 11 is 0. The molecule has 1 aliphatic carbocycles. The Hall–Kier alpha value is -3.18. The summed E-state index contributed by atoms with van der Waals surface area (Å²) < 4.78 is 34.3. The Morgan fingerprint density at radius 3 is 2.92 bits per heavy atom. The van der Waals surface area contributed by atoms with Crippen molar-refractivity contribution in [1.29, 1.82) is 0 Å². The first-order chi connectivity index (χ1) is 17.4. The molecule has 1 aromatic carbocycles. The molecule has 3 N–H and O–H groups in total. The van der Waals surface area contributed by atoms with Crippen molar-refractivity contribution >= 4 is 38.3 Å². The van der Waals surface area contributed by atoms with Crippen LogP contribution in [0.15, 0.2) is 30.6 Å². The van der Waals surface area contributed by atoms with E-state index in [0.717, 1.165) is 46.6 Å². The predicted octanol–water partition coefficient (Wildman–Crippen LogP) is 2.53. The van der Waals surface area contributed by atoms with Crippen LogP contribution in [-0.4, -0.2) is 67.1 Å². The first kappa shape index (κ1) is 24.5. The van der Waals surface area contributed by atoms with E-state index in [1.165, 1.54) is 12.6 Å². The standard InChI is InChI=1S/C25H31N5O5S/c1-36(32,33)12-4-10-26-25(31)16-7-8-19-18(13-16)22-23(29-19)27-15-28-24(22)30-20-5-2-3-6-21(20)35-17-9-11-34-14-17/h2-3,5-6,15-17H,4,7-14H2,1H3,(H,26,31)(H2,27,28,29,30). The number of anilines is 2. The van der Waals surface area contributed by atoms with Crippen LogP contribution >= 0.6 is 0 Å². The second-order valence-electron chi connectivity index (χ2n) is 9.47. The summed E-state index contributed by atoms with van der Waals surface area (Å²) in [5.74, 6) is 1.21. The normalized spacial score (nSPS) is 19.7. The van der Waals surface area contributed by atoms with Crippen LogP contribution in [0.2, 0.25) is 0 Å². The van der Waals surface area contributed by atoms with E-state index >= 15 is 0 Å². The van der Waals surface area contributed by atoms with E-state index in [1.807, 2.05) is 24.3 Å². The van der Waals surface area contributed by atoms with Gasteiger partial charge in [0.2, 0.25) is 5.91 Å². The number of aryl methyl sites for hydroxylation is 1. The molecule has 192 valence electrons. The minimum Gasteiger partial charge on any atom is -0.486 e. The third-order valence-electron chi connectivity index (χ3n) is 6.66. The molecule has 11 heteroatoms. The number of H-pyrrole nitrogens is 1. The number of benzene rings is 1. The van der Waals surface area contributed by atoms with Gasteiger partial charge < -0.3 is 25.1 Å². The van der Waals surface area contributed by atoms with Gasteiger partial charge in [-0.25, -0.2) is 18.4 Å². The van der Waals surface area contributed by atoms with Crippen molar-refractivity contribution in [3.63, 3.8) is 0 Å². The van der Waals surface area contributed by atoms with E-state index in [2.05, 4.69) is 25.6 Å². The topological polar surface area (TPSA) is 135 Å². The van der Waals surface area contributed by atoms with Gasteiger partial charge in [0, 0.05) is 30.8 Å². The number of ether oxygens (including phenoxy) is 2. The molecule has 3 aromatic rings. The molecule has 1 aliphatic heterocycles. The molecular formula is C25H31N5O5S. The van der Waals surface area contributed by atoms with Gasteiger partial charge in [-0.05, 0) is 43.4 Å². The van der Waals surface area contributed by atoms with Gasteiger partial charge in [-0.15, -0.1) is 0 Å². The summed E-state index contributed by atoms with van der Waals surface area (Å²) in [4.78, 5) is 25.2. The smallest absolute Gasteiger partial charge is 0.223 e. The van der Waals surface area contributed by atoms with E-state index in [4.69, 9.17) is 9.47 Å². The Morgan fingerprint density at radius 2 is 2.11 bits per heavy atom. The van der Waals surface area contributed by atoms with E-state index in [1.54, 1.807) is 0 Å². The highest BCUT2D eigenvalue weighted by atomic mass is 32.2. The Kier molecular flexibility index (Phi) is 7.10. The Labute approximate surface area is 210 Å². The number of amides is 1. The fourth-order valence-corrected chi connectivity index (χ4v) is 5.50. The first-order valence-electron chi connectivity index (χ1n) is 12.3. The number of sulfone groups is 1. The fourth-order valence-electron chi connectivity index (χ4n) is 4.84. The van der Waals surface area contributed by atoms with E-state index in [-0.39, 0.29) is 23.7 Å². The molecule has 0 saturated carbocycles. The molecule has 2 aliphatic rings. The van der Waals surface area contributed by atoms with Crippen LogP contribution in [0.1, 0.15) is 30.5 Å². The summed E-state index contributed by atoms with van der Waals surface area (Å²) in [6.07, 6.45) is 6.02. The van der Waals surface area contributed by atoms with Crippen LogP contribution in [0.3, 0.4) is 0 Å². The third-order valence-corrected chi connectivity index (χ3v) is 7.69. The average molecular weight is 514 g/mol. The van der Waals surface area contributed by atoms with Crippen LogP contribution in [0.25, 0.3) is 11.0 Å². The summed E-state index contributed by atoms with van der Waals surface area (Å²) in [6.45, 7) is 1.63. The fraction of sp³-hybridized carbons (Fsp3) is 0.480. The van der Waals surface area contributed by atoms with Crippen molar-refractivity contribution in [1.82, 2.24) is 20.3 Å². The molecule has 2 unspecified atom stereocenters. The highest BCUT2D eigenvalue weighted by Gasteiger charge is 2.29. The Balaban J connectivity index is 1.34. The number of aromatic nitrogens is 3. The lowest BCUT2D eigenvalue weighted by molar-refractivity contribution is -0.125. The molecule has 36 heavy (non-hydrogen) atoms. The van der Waals surface area contributed by atoms with Crippen LogP contribution in [0.4, 0.5) is 11.5 Å². The Morgan fingerprint density at radius 1 is 1.25 bits per heavy atom. The molecule has 2 atom stereocenters. The Bertz CT molecular complexity index is 1350. The number of hydrogen-bond acceptors (Lipinski definition) is 8. The molecule has 1 saturated heterocycles. The second-order valence-corrected chi connectivity index (χ2v) is 11.7. The number of carbonyl (C=O) groups excluding carboxylic acids is 1. The summed E-state index contributed by atoms with van der Waals surface area (Å²) in [5, 5.41) is 7.21. The number of para-hydroxylation sites is 2. The highest BCUT2D eigenvalue weighted by Crippen LogP contribution is 2.37. The number of nitrogens with zero attached hydrogens (tertiary/aromatic N) is 2. The van der Waals surface area contributed by atoms with Crippen molar-refractivity contribution in [2.45, 2.75) is 38.2 Å². The van der Waals surface area contributed by atoms with Crippen molar-refractivity contribution in [3.05, 3.63) is 41.9 Å². The van der Waals surface area contributed by atoms with Crippen LogP contribution in [0, 0.1) is 5.92 Å². The van der Waals surface area contributed by atoms with Crippen molar-refractivity contribution in [3.8, 4) is 5.75 Å². The largest absolute Gasteiger partial charge is 0.486 e. The van der Waals surface area contributed by atoms with Gasteiger partial charge >= 0.3 is 0 Å². The zero-order chi connectivity index (χ0) is 25.1. The van der Waals surface area contributed by atoms with Crippen molar-refractivity contribution in [2.75, 3.05) is 37.1 Å². The highest BCUT2D eigenvalue weighted by molar-refractivity contribution is 7.90. The molecule has 0 radical (unpaired) electrons. The molecule has 0 spiro atoms. The maximum atomic E-state index is 12.8. The number of nitrogens with one attached hydrogen (secondary N) is 3. The number of rotatable bonds is 9. The molecule has 0 bridgehead atoms. The lowest BCUT2D eigenvalue weighted by Gasteiger charge is -2.22. The molecular weight excluding hydrogens is 482 g/mol. The summed E-state index contributed by atoms with van der Waals surface area (Å²) in [7, 11) is -3.04. The minimum absolute atomic E-state index is 0.0232. The number of fused-ring (bicyclic) bond motifs is 3. The van der Waals surface area contributed by atoms with Crippen molar-refractivity contribution in [2.24, 2.45) is 5.92 Å². The van der Waals surface area contributed by atoms with Crippen LogP contribution in [0.5, 0.6) is 5.75 Å². The average Bonchev–Trinajstić information content (AvgIpc) is 3.50. The quantitative estimate of drug-likeness (QED) is 0.372. The number of carbonyl (C=O) groups is 1. The summed E-state index contributed by atoms with van der Waals surface area (Å²) in [5.41, 5.74) is 3.64. The number of hydrogen-bond donors (Lipinski definition) is 3. The van der Waals surface area contributed by atoms with Crippen LogP contribution in [-0.2, 0) is 32.2 Å². The summed E-state index contributed by atoms with van der Waals surface area (Å²) in [6, 6.07) is 7.75. The molecule has 10 nitrogen and oxygen atoms in total. The first-order valence-corrected chi connectivity index (χ1v) is 14.3. The van der Waals surface area contributed by atoms with Gasteiger partial charge in [0.15, 0.2) is 0 Å². The van der Waals surface area contributed by atoms with E-state index in [0.29, 0.717) is 44.8 Å². The molecule has 1 amide bonds. The maximum Gasteiger partial charge on any atom is 0.223 e. The van der Waals surface area contributed by atoms with Gasteiger partial charge in [-0.3, -0.25) is 4.79 Å². The number of aromatic amines is 1. The van der Waals surface area contributed by atoms with Gasteiger partial charge in [0.1, 0.15) is 39.5 Å². The zero-order valence-electron chi connectivity index (χ0n) is 20.2. The SMILES string of the molecule is CS(=O)(=O)CCCNC(=O)C1CCc2[nH]c3ncnc(Nc4ccccc4OC4CCOC4)c3c2C1. The minimum atomic E-state index is -3.04. The molecule has 5 rings (SSSR count). The molecule has 2 aromatic heterocycles. The predicted molar refractivity (Wildman–Crippen MR) is 136 cm³/mol. The zero-order valence-corrected chi connectivity index (χ0v) is 21.1. The van der Waals surface area contributed by atoms with Gasteiger partial charge in [-0.2, -0.15) is 0 Å². The van der Waals surface area contributed by atoms with Gasteiger partial charge in [-0.1, -0.05) is 12.1 Å². The third kappa shape index (κ3) is 5.62. The van der Waals surface area contributed by atoms with Crippen molar-refractivity contribution < 1.29 is 22.7 Å². The molecule has 1 fully saturated rings. The molecule has 3 heterocycles. The van der Waals surface area contributed by atoms with Gasteiger partial charge in [0.25, 0.3) is 0 Å². The van der Waals surface area contributed by atoms with E-state index < -0.39 is 9.84 Å². The lowest BCUT2D eigenvalue weighted by Crippen LogP contribution is -2.35. The lowest BCUT2D eigenvalue weighted by atomic mass is 9.86. The van der Waals surface area contributed by atoms with E-state index in [9.17, 15) is 13.2 Å². The monoisotopic (exact) mass is 513 g/mol.